The molecule has 0 spiro atoms. The highest BCUT2D eigenvalue weighted by Gasteiger charge is 2.37. The quantitative estimate of drug-likeness (QED) is 0.321. The molecule has 246 valence electrons. The van der Waals surface area contributed by atoms with Gasteiger partial charge >= 0.3 is 12.4 Å². The lowest BCUT2D eigenvalue weighted by molar-refractivity contribution is -0.140. The van der Waals surface area contributed by atoms with Crippen LogP contribution < -0.4 is 20.1 Å². The molecule has 2 saturated heterocycles. The molecule has 3 aromatic rings. The molecule has 0 saturated carbocycles. The van der Waals surface area contributed by atoms with E-state index in [0.29, 0.717) is 39.0 Å². The van der Waals surface area contributed by atoms with Crippen molar-refractivity contribution in [1.82, 2.24) is 19.8 Å². The van der Waals surface area contributed by atoms with Crippen LogP contribution in [0.25, 0.3) is 0 Å². The molecule has 1 aromatic heterocycles. The summed E-state index contributed by atoms with van der Waals surface area (Å²) in [7, 11) is 3.67. The standard InChI is InChI=1S/C30H30F6N6O4/c1-41-9-7-19(14-41)45-25-5-3-17(11-21(25)29(31,32)33)39-27(43)23-13-24(38-16-37-23)28(44)40-18-4-6-26(22(12-18)30(34,35)36)46-20-8-10-42(2)15-20/h3-6,11-13,16,19-20H,7-10,14-15H2,1-2H3,(H,39,43)(H,40,44)/t19-,20-/m1/s1. The molecule has 10 nitrogen and oxygen atoms in total. The molecular weight excluding hydrogens is 622 g/mol. The molecule has 2 aliphatic heterocycles. The second-order valence-corrected chi connectivity index (χ2v) is 11.2. The maximum absolute atomic E-state index is 13.8. The highest BCUT2D eigenvalue weighted by Crippen LogP contribution is 2.40. The summed E-state index contributed by atoms with van der Waals surface area (Å²) in [6.07, 6.45) is -8.37. The minimum atomic E-state index is -4.77. The van der Waals surface area contributed by atoms with Gasteiger partial charge in [0.25, 0.3) is 11.8 Å². The van der Waals surface area contributed by atoms with Crippen molar-refractivity contribution in [1.29, 1.82) is 0 Å². The molecule has 2 atom stereocenters. The van der Waals surface area contributed by atoms with Crippen LogP contribution in [-0.2, 0) is 12.4 Å². The molecule has 2 amide bonds. The third kappa shape index (κ3) is 8.04. The van der Waals surface area contributed by atoms with E-state index >= 15 is 0 Å². The number of benzene rings is 2. The fourth-order valence-electron chi connectivity index (χ4n) is 5.20. The molecular formula is C30H30F6N6O4. The molecule has 2 N–H and O–H groups in total. The summed E-state index contributed by atoms with van der Waals surface area (Å²) in [4.78, 5) is 37.2. The topological polar surface area (TPSA) is 109 Å². The number of alkyl halides is 6. The molecule has 2 aliphatic rings. The number of nitrogens with zero attached hydrogens (tertiary/aromatic N) is 4. The average molecular weight is 653 g/mol. The van der Waals surface area contributed by atoms with E-state index in [2.05, 4.69) is 20.6 Å². The molecule has 0 unspecified atom stereocenters. The monoisotopic (exact) mass is 652 g/mol. The smallest absolute Gasteiger partial charge is 0.420 e. The number of ether oxygens (including phenoxy) is 2. The summed E-state index contributed by atoms with van der Waals surface area (Å²) < 4.78 is 94.2. The van der Waals surface area contributed by atoms with Crippen molar-refractivity contribution in [3.63, 3.8) is 0 Å². The van der Waals surface area contributed by atoms with Crippen LogP contribution in [0.1, 0.15) is 44.9 Å². The van der Waals surface area contributed by atoms with Crippen molar-refractivity contribution in [2.45, 2.75) is 37.4 Å². The van der Waals surface area contributed by atoms with Gasteiger partial charge in [0.15, 0.2) is 0 Å². The number of hydrogen-bond donors (Lipinski definition) is 2. The Hall–Kier alpha value is -4.44. The Bertz CT molecular complexity index is 1490. The van der Waals surface area contributed by atoms with Crippen molar-refractivity contribution in [3.8, 4) is 11.5 Å². The number of carbonyl (C=O) groups excluding carboxylic acids is 2. The summed E-state index contributed by atoms with van der Waals surface area (Å²) in [6, 6.07) is 7.15. The molecule has 5 rings (SSSR count). The number of aromatic nitrogens is 2. The summed E-state index contributed by atoms with van der Waals surface area (Å²) in [5.41, 5.74) is -3.30. The first-order valence-electron chi connectivity index (χ1n) is 14.2. The zero-order chi connectivity index (χ0) is 33.2. The Morgan fingerprint density at radius 1 is 0.717 bits per heavy atom. The van der Waals surface area contributed by atoms with Crippen molar-refractivity contribution >= 4 is 23.2 Å². The fraction of sp³-hybridized carbons (Fsp3) is 0.400. The van der Waals surface area contributed by atoms with E-state index < -0.39 is 47.5 Å². The first-order valence-corrected chi connectivity index (χ1v) is 14.2. The van der Waals surface area contributed by atoms with Crippen LogP contribution in [0.3, 0.4) is 0 Å². The van der Waals surface area contributed by atoms with Gasteiger partial charge in [0.1, 0.15) is 41.4 Å². The molecule has 2 fully saturated rings. The van der Waals surface area contributed by atoms with E-state index in [1.54, 1.807) is 0 Å². The Morgan fingerprint density at radius 3 is 1.48 bits per heavy atom. The maximum atomic E-state index is 13.8. The molecule has 0 aliphatic carbocycles. The van der Waals surface area contributed by atoms with Crippen LogP contribution in [0, 0.1) is 0 Å². The number of hydrogen-bond acceptors (Lipinski definition) is 8. The Morgan fingerprint density at radius 2 is 1.13 bits per heavy atom. The average Bonchev–Trinajstić information content (AvgIpc) is 3.60. The number of likely N-dealkylation sites (N-methyl/N-ethyl adjacent to an activating group) is 2. The summed E-state index contributed by atoms with van der Waals surface area (Å²) in [5, 5.41) is 4.62. The van der Waals surface area contributed by atoms with Crippen LogP contribution in [0.15, 0.2) is 48.8 Å². The molecule has 0 bridgehead atoms. The van der Waals surface area contributed by atoms with E-state index in [1.165, 1.54) is 12.1 Å². The van der Waals surface area contributed by atoms with Gasteiger partial charge in [-0.3, -0.25) is 9.59 Å². The summed E-state index contributed by atoms with van der Waals surface area (Å²) in [5.74, 6) is -2.64. The normalized spacial score (nSPS) is 19.2. The lowest BCUT2D eigenvalue weighted by atomic mass is 10.1. The van der Waals surface area contributed by atoms with Crippen molar-refractivity contribution in [3.05, 3.63) is 71.3 Å². The number of carbonyl (C=O) groups is 2. The molecule has 16 heteroatoms. The van der Waals surface area contributed by atoms with Crippen molar-refractivity contribution in [2.24, 2.45) is 0 Å². The summed E-state index contributed by atoms with van der Waals surface area (Å²) >= 11 is 0. The maximum Gasteiger partial charge on any atom is 0.420 e. The third-order valence-electron chi connectivity index (χ3n) is 7.50. The zero-order valence-corrected chi connectivity index (χ0v) is 24.7. The van der Waals surface area contributed by atoms with Gasteiger partial charge in [-0.1, -0.05) is 0 Å². The highest BCUT2D eigenvalue weighted by atomic mass is 19.4. The van der Waals surface area contributed by atoms with Crippen LogP contribution in [0.4, 0.5) is 37.7 Å². The molecule has 2 aromatic carbocycles. The van der Waals surface area contributed by atoms with Crippen molar-refractivity contribution < 1.29 is 45.4 Å². The highest BCUT2D eigenvalue weighted by molar-refractivity contribution is 6.07. The largest absolute Gasteiger partial charge is 0.488 e. The van der Waals surface area contributed by atoms with Gasteiger partial charge in [-0.15, -0.1) is 0 Å². The molecule has 0 radical (unpaired) electrons. The van der Waals surface area contributed by atoms with Gasteiger partial charge in [-0.2, -0.15) is 26.3 Å². The van der Waals surface area contributed by atoms with Crippen LogP contribution >= 0.6 is 0 Å². The van der Waals surface area contributed by atoms with E-state index in [4.69, 9.17) is 9.47 Å². The zero-order valence-electron chi connectivity index (χ0n) is 24.7. The number of nitrogens with one attached hydrogen (secondary N) is 2. The Kier molecular flexibility index (Phi) is 9.39. The number of likely N-dealkylation sites (tertiary alicyclic amines) is 2. The lowest BCUT2D eigenvalue weighted by Crippen LogP contribution is -2.23. The fourth-order valence-corrected chi connectivity index (χ4v) is 5.20. The Labute approximate surface area is 259 Å². The second kappa shape index (κ2) is 13.1. The van der Waals surface area contributed by atoms with Crippen molar-refractivity contribution in [2.75, 3.05) is 50.9 Å². The van der Waals surface area contributed by atoms with E-state index in [0.717, 1.165) is 36.7 Å². The van der Waals surface area contributed by atoms with Crippen LogP contribution in [0.5, 0.6) is 11.5 Å². The lowest BCUT2D eigenvalue weighted by Gasteiger charge is -2.19. The SMILES string of the molecule is CN1CC[C@@H](Oc2ccc(NC(=O)c3cc(C(=O)Nc4ccc(O[C@@H]5CCN(C)C5)c(C(F)(F)F)c4)ncn3)cc2C(F)(F)F)C1. The van der Waals surface area contributed by atoms with Gasteiger partial charge in [0.2, 0.25) is 0 Å². The predicted octanol–water partition coefficient (Wildman–Crippen LogP) is 5.18. The van der Waals surface area contributed by atoms with E-state index in [-0.39, 0.29) is 34.3 Å². The van der Waals surface area contributed by atoms with E-state index in [1.807, 2.05) is 23.9 Å². The number of amides is 2. The van der Waals surface area contributed by atoms with Gasteiger partial charge in [0, 0.05) is 43.6 Å². The first kappa shape index (κ1) is 32.9. The predicted molar refractivity (Wildman–Crippen MR) is 154 cm³/mol. The second-order valence-electron chi connectivity index (χ2n) is 11.2. The van der Waals surface area contributed by atoms with Crippen LogP contribution in [-0.4, -0.2) is 84.1 Å². The number of halogens is 6. The van der Waals surface area contributed by atoms with Gasteiger partial charge in [-0.25, -0.2) is 9.97 Å². The number of anilines is 2. The number of rotatable bonds is 8. The molecule has 46 heavy (non-hydrogen) atoms. The third-order valence-corrected chi connectivity index (χ3v) is 7.50. The minimum absolute atomic E-state index is 0.205. The molecule has 3 heterocycles. The van der Waals surface area contributed by atoms with E-state index in [9.17, 15) is 35.9 Å². The van der Waals surface area contributed by atoms with Gasteiger partial charge in [-0.05, 0) is 63.3 Å². The minimum Gasteiger partial charge on any atom is -0.488 e. The van der Waals surface area contributed by atoms with Gasteiger partial charge in [0.05, 0.1) is 11.1 Å². The Balaban J connectivity index is 1.28. The first-order chi connectivity index (χ1) is 21.7. The van der Waals surface area contributed by atoms with Crippen LogP contribution in [0.2, 0.25) is 0 Å². The van der Waals surface area contributed by atoms with Gasteiger partial charge < -0.3 is 29.9 Å². The summed E-state index contributed by atoms with van der Waals surface area (Å²) in [6.45, 7) is 2.32.